The monoisotopic (exact) mass is 1560 g/mol. The van der Waals surface area contributed by atoms with Gasteiger partial charge in [-0.05, 0) is 169 Å². The van der Waals surface area contributed by atoms with Crippen LogP contribution in [0.2, 0.25) is 0 Å². The molecule has 1 fully saturated rings. The summed E-state index contributed by atoms with van der Waals surface area (Å²) in [6, 6.07) is -16.8. The van der Waals surface area contributed by atoms with Gasteiger partial charge in [0, 0.05) is 39.3 Å². The SMILES string of the molecule is CCCCCCCC[C@H]1NC(=O)[C@H](CCNC(=O)OC(C)(C)C)NC(=O)[C@@H](NC(=O)[C@H](CCNC(=O)OC(C)(C)C)NC(=O)[C@@H](NC(=O)[C@@H](N)CCNC(=O)OC(C)(C)C)[C@@H](C)O)CCNC(=O)[C@H]([C@@H](C)O)NC(=O)[C@H](CCNC(=O)OC(C)(C)C)NC(=O)[C@H](CCNC(=O)OC(C)(C)C)NC(=O)[C@H](CC)NC1=O. The minimum atomic E-state index is -1.89. The number of nitrogens with two attached hydrogens (primary N) is 1. The highest BCUT2D eigenvalue weighted by atomic mass is 16.6. The Kier molecular flexibility index (Phi) is 42.3. The minimum Gasteiger partial charge on any atom is -0.444 e. The Morgan fingerprint density at radius 3 is 1.17 bits per heavy atom. The Morgan fingerprint density at radius 2 is 0.780 bits per heavy atom. The summed E-state index contributed by atoms with van der Waals surface area (Å²) in [7, 11) is 0. The third-order valence-electron chi connectivity index (χ3n) is 15.4. The Balaban J connectivity index is 4.41. The minimum absolute atomic E-state index is 0.0480. The highest BCUT2D eigenvalue weighted by molar-refractivity contribution is 5.99. The molecule has 0 aromatic rings. The lowest BCUT2D eigenvalue weighted by atomic mass is 10.0. The van der Waals surface area contributed by atoms with Gasteiger partial charge in [-0.25, -0.2) is 24.0 Å². The number of aliphatic hydroxyl groups excluding tert-OH is 2. The normalized spacial score (nSPS) is 20.5. The van der Waals surface area contributed by atoms with Gasteiger partial charge < -0.3 is 119 Å². The largest absolute Gasteiger partial charge is 0.444 e. The molecule has 0 spiro atoms. The zero-order valence-electron chi connectivity index (χ0n) is 67.2. The average Bonchev–Trinajstić information content (AvgIpc) is 1.22. The number of carbonyl (C=O) groups excluding carboxylic acids is 15. The maximum Gasteiger partial charge on any atom is 0.407 e. The summed E-state index contributed by atoms with van der Waals surface area (Å²) >= 11 is 0. The van der Waals surface area contributed by atoms with Crippen molar-refractivity contribution in [3.05, 3.63) is 0 Å². The number of ether oxygens (including phenoxy) is 5. The fourth-order valence-corrected chi connectivity index (χ4v) is 10.1. The fourth-order valence-electron chi connectivity index (χ4n) is 10.1. The zero-order chi connectivity index (χ0) is 83.4. The number of hydrogen-bond acceptors (Lipinski definition) is 23. The van der Waals surface area contributed by atoms with E-state index in [1.165, 1.54) is 6.92 Å². The first-order valence-corrected chi connectivity index (χ1v) is 37.3. The number of aliphatic hydroxyl groups is 2. The first-order chi connectivity index (χ1) is 50.3. The predicted molar refractivity (Wildman–Crippen MR) is 399 cm³/mol. The summed E-state index contributed by atoms with van der Waals surface area (Å²) in [5.74, 6) is -10.8. The van der Waals surface area contributed by atoms with Crippen molar-refractivity contribution < 1.29 is 106 Å². The Labute approximate surface area is 639 Å². The first kappa shape index (κ1) is 97.9. The van der Waals surface area contributed by atoms with Gasteiger partial charge >= 0.3 is 30.5 Å². The van der Waals surface area contributed by atoms with Crippen LogP contribution < -0.4 is 85.5 Å². The maximum absolute atomic E-state index is 15.2. The van der Waals surface area contributed by atoms with Crippen LogP contribution in [0.4, 0.5) is 24.0 Å². The molecule has 1 saturated heterocycles. The summed E-state index contributed by atoms with van der Waals surface area (Å²) in [5.41, 5.74) is 1.35. The summed E-state index contributed by atoms with van der Waals surface area (Å²) in [6.07, 6.45) is -6.41. The number of hydrogen-bond donors (Lipinski definition) is 18. The molecule has 624 valence electrons. The van der Waals surface area contributed by atoms with Crippen LogP contribution in [0, 0.1) is 0 Å². The lowest BCUT2D eigenvalue weighted by Gasteiger charge is -2.29. The van der Waals surface area contributed by atoms with E-state index in [-0.39, 0.29) is 45.3 Å². The summed E-state index contributed by atoms with van der Waals surface area (Å²) in [4.78, 5) is 210. The molecule has 1 aliphatic rings. The van der Waals surface area contributed by atoms with Crippen LogP contribution in [-0.4, -0.2) is 240 Å². The van der Waals surface area contributed by atoms with E-state index in [1.807, 2.05) is 6.92 Å². The molecule has 12 atom stereocenters. The van der Waals surface area contributed by atoms with Crippen molar-refractivity contribution in [2.45, 2.75) is 322 Å². The molecule has 109 heavy (non-hydrogen) atoms. The van der Waals surface area contributed by atoms with E-state index in [1.54, 1.807) is 104 Å². The van der Waals surface area contributed by atoms with E-state index in [0.29, 0.717) is 12.8 Å². The highest BCUT2D eigenvalue weighted by Gasteiger charge is 2.38. The van der Waals surface area contributed by atoms with E-state index >= 15 is 9.59 Å². The van der Waals surface area contributed by atoms with Crippen molar-refractivity contribution in [1.29, 1.82) is 0 Å². The van der Waals surface area contributed by atoms with Gasteiger partial charge in [-0.3, -0.25) is 47.9 Å². The van der Waals surface area contributed by atoms with Crippen molar-refractivity contribution in [3.8, 4) is 0 Å². The molecule has 0 aromatic heterocycles. The molecule has 0 radical (unpaired) electrons. The fraction of sp³-hybridized carbons (Fsp3) is 0.789. The van der Waals surface area contributed by atoms with E-state index in [0.717, 1.165) is 39.5 Å². The summed E-state index contributed by atoms with van der Waals surface area (Å²) < 4.78 is 26.7. The first-order valence-electron chi connectivity index (χ1n) is 37.3. The van der Waals surface area contributed by atoms with Crippen molar-refractivity contribution in [3.63, 3.8) is 0 Å². The highest BCUT2D eigenvalue weighted by Crippen LogP contribution is 2.15. The number of alkyl carbamates (subject to hydrolysis) is 5. The zero-order valence-corrected chi connectivity index (χ0v) is 67.2. The lowest BCUT2D eigenvalue weighted by molar-refractivity contribution is -0.136. The molecule has 0 aliphatic carbocycles. The van der Waals surface area contributed by atoms with Gasteiger partial charge in [-0.2, -0.15) is 0 Å². The van der Waals surface area contributed by atoms with Gasteiger partial charge in [-0.1, -0.05) is 52.4 Å². The van der Waals surface area contributed by atoms with E-state index in [4.69, 9.17) is 29.4 Å². The lowest BCUT2D eigenvalue weighted by Crippen LogP contribution is -2.61. The van der Waals surface area contributed by atoms with Crippen molar-refractivity contribution in [2.24, 2.45) is 5.73 Å². The van der Waals surface area contributed by atoms with Crippen molar-refractivity contribution in [2.75, 3.05) is 39.3 Å². The molecule has 1 heterocycles. The standard InChI is InChI=1S/C71H128N16O22/c1-20-22-23-24-25-26-27-44-54(92)79-43(21-2)53(91)81-46(30-36-75-63(101)106-68(8,9)10)57(95)84-49(33-39-78-66(104)109-71(17,18)19)59(97)87-50(40(3)88)60(98)73-35-29-45(56(94)83-47(55(93)80-44)31-37-76-64(102)107-69(11,12)13)82-58(96)48(32-38-77-65(103)108-70(14,15)16)85-61(99)51(41(4)89)86-52(90)42(72)28-34-74-62(100)105-67(5,6)7/h40-51,88-89H,20-39,72H2,1-19H3,(H,73,98)(H,74,100)(H,75,101)(H,76,102)(H,77,103)(H,78,104)(H,79,92)(H,80,93)(H,81,91)(H,82,96)(H,83,94)(H,84,95)(H,85,99)(H,86,90)(H,87,97)/t40-,41-,42+,43+,44-,45+,46+,47+,48+,49+,50+,51+/m1/s1. The van der Waals surface area contributed by atoms with E-state index in [9.17, 15) is 72.5 Å². The molecular formula is C71H128N16O22. The Hall–Kier alpha value is -9.07. The van der Waals surface area contributed by atoms with Gasteiger partial charge in [-0.15, -0.1) is 0 Å². The second-order valence-corrected chi connectivity index (χ2v) is 31.6. The second kappa shape index (κ2) is 47.1. The van der Waals surface area contributed by atoms with Crippen LogP contribution in [0.3, 0.4) is 0 Å². The number of nitrogens with one attached hydrogen (secondary N) is 15. The molecule has 38 heteroatoms. The number of unbranched alkanes of at least 4 members (excludes halogenated alkanes) is 5. The quantitative estimate of drug-likeness (QED) is 0.0335. The van der Waals surface area contributed by atoms with E-state index in [2.05, 4.69) is 79.8 Å². The second-order valence-electron chi connectivity index (χ2n) is 31.6. The van der Waals surface area contributed by atoms with Crippen LogP contribution >= 0.6 is 0 Å². The molecule has 15 amide bonds. The Bertz CT molecular complexity index is 3010. The van der Waals surface area contributed by atoms with Gasteiger partial charge in [0.1, 0.15) is 82.4 Å². The van der Waals surface area contributed by atoms with Crippen LogP contribution in [0.1, 0.15) is 221 Å². The van der Waals surface area contributed by atoms with Crippen molar-refractivity contribution in [1.82, 2.24) is 79.8 Å². The van der Waals surface area contributed by atoms with Crippen LogP contribution in [0.25, 0.3) is 0 Å². The number of amides is 15. The topological polar surface area (TPSA) is 549 Å². The maximum atomic E-state index is 15.2. The molecule has 1 aliphatic heterocycles. The molecular weight excluding hydrogens is 1430 g/mol. The third kappa shape index (κ3) is 43.6. The average molecular weight is 1560 g/mol. The molecule has 19 N–H and O–H groups in total. The van der Waals surface area contributed by atoms with Gasteiger partial charge in [0.05, 0.1) is 18.2 Å². The summed E-state index contributed by atoms with van der Waals surface area (Å²) in [6.45, 7) is 27.6. The molecule has 0 bridgehead atoms. The molecule has 0 unspecified atom stereocenters. The van der Waals surface area contributed by atoms with Gasteiger partial charge in [0.15, 0.2) is 0 Å². The third-order valence-corrected chi connectivity index (χ3v) is 15.4. The number of rotatable bonds is 31. The Morgan fingerprint density at radius 1 is 0.431 bits per heavy atom. The van der Waals surface area contributed by atoms with Gasteiger partial charge in [0.25, 0.3) is 0 Å². The molecule has 0 aromatic carbocycles. The molecule has 1 rings (SSSR count). The van der Waals surface area contributed by atoms with Crippen molar-refractivity contribution >= 4 is 89.5 Å². The molecule has 0 saturated carbocycles. The number of carbonyl (C=O) groups is 15. The van der Waals surface area contributed by atoms with Crippen LogP contribution in [-0.2, 0) is 71.6 Å². The van der Waals surface area contributed by atoms with Crippen LogP contribution in [0.5, 0.6) is 0 Å². The van der Waals surface area contributed by atoms with Crippen LogP contribution in [0.15, 0.2) is 0 Å². The van der Waals surface area contributed by atoms with E-state index < -0.39 is 235 Å². The smallest absolute Gasteiger partial charge is 0.407 e. The predicted octanol–water partition coefficient (Wildman–Crippen LogP) is 0.693. The molecule has 38 nitrogen and oxygen atoms in total. The van der Waals surface area contributed by atoms with Gasteiger partial charge in [0.2, 0.25) is 59.1 Å². The summed E-state index contributed by atoms with van der Waals surface area (Å²) in [5, 5.41) is 59.7.